The van der Waals surface area contributed by atoms with Gasteiger partial charge in [0.25, 0.3) is 11.6 Å². The lowest BCUT2D eigenvalue weighted by Gasteiger charge is -2.24. The summed E-state index contributed by atoms with van der Waals surface area (Å²) in [5.41, 5.74) is 0.202. The Kier molecular flexibility index (Phi) is 4.13. The van der Waals surface area contributed by atoms with Crippen LogP contribution in [-0.2, 0) is 0 Å². The van der Waals surface area contributed by atoms with Gasteiger partial charge in [-0.1, -0.05) is 17.7 Å². The number of rotatable bonds is 3. The molecule has 1 aliphatic rings. The van der Waals surface area contributed by atoms with Crippen molar-refractivity contribution >= 4 is 34.5 Å². The molecule has 0 aliphatic carbocycles. The number of likely N-dealkylation sites (tertiary alicyclic amines) is 1. The number of nitrogens with zero attached hydrogens (tertiary/aromatic N) is 2. The topological polar surface area (TPSA) is 63.4 Å². The molecule has 114 valence electrons. The third kappa shape index (κ3) is 2.71. The van der Waals surface area contributed by atoms with Gasteiger partial charge in [-0.3, -0.25) is 14.9 Å². The molecule has 1 aromatic carbocycles. The summed E-state index contributed by atoms with van der Waals surface area (Å²) in [4.78, 5) is 25.9. The molecule has 1 aromatic heterocycles. The lowest BCUT2D eigenvalue weighted by atomic mass is 10.1. The molecule has 1 amide bonds. The minimum Gasteiger partial charge on any atom is -0.331 e. The highest BCUT2D eigenvalue weighted by Crippen LogP contribution is 2.36. The van der Waals surface area contributed by atoms with Crippen LogP contribution in [0, 0.1) is 10.1 Å². The first-order valence-electron chi connectivity index (χ1n) is 6.86. The van der Waals surface area contributed by atoms with Crippen LogP contribution < -0.4 is 0 Å². The monoisotopic (exact) mass is 336 g/mol. The predicted octanol–water partition coefficient (Wildman–Crippen LogP) is 4.29. The Morgan fingerprint density at radius 1 is 1.41 bits per heavy atom. The summed E-state index contributed by atoms with van der Waals surface area (Å²) in [5, 5.41) is 12.9. The van der Waals surface area contributed by atoms with Gasteiger partial charge >= 0.3 is 0 Å². The lowest BCUT2D eigenvalue weighted by molar-refractivity contribution is -0.384. The summed E-state index contributed by atoms with van der Waals surface area (Å²) < 4.78 is 0. The number of carbonyl (C=O) groups excluding carboxylic acids is 1. The molecule has 0 saturated carbocycles. The van der Waals surface area contributed by atoms with Crippen LogP contribution in [0.1, 0.15) is 34.1 Å². The van der Waals surface area contributed by atoms with E-state index in [1.165, 1.54) is 18.2 Å². The van der Waals surface area contributed by atoms with Crippen molar-refractivity contribution in [2.24, 2.45) is 0 Å². The van der Waals surface area contributed by atoms with E-state index in [1.54, 1.807) is 16.2 Å². The van der Waals surface area contributed by atoms with Gasteiger partial charge in [0.2, 0.25) is 0 Å². The Balaban J connectivity index is 1.89. The second kappa shape index (κ2) is 6.06. The molecule has 2 aromatic rings. The largest absolute Gasteiger partial charge is 0.331 e. The average Bonchev–Trinajstić information content (AvgIpc) is 3.16. The number of hydrogen-bond donors (Lipinski definition) is 0. The zero-order valence-electron chi connectivity index (χ0n) is 11.6. The van der Waals surface area contributed by atoms with Gasteiger partial charge in [0, 0.05) is 23.6 Å². The smallest absolute Gasteiger partial charge is 0.270 e. The van der Waals surface area contributed by atoms with Crippen molar-refractivity contribution in [1.82, 2.24) is 4.90 Å². The Hall–Kier alpha value is -1.92. The first kappa shape index (κ1) is 15.0. The molecule has 0 bridgehead atoms. The van der Waals surface area contributed by atoms with Crippen molar-refractivity contribution in [2.45, 2.75) is 18.9 Å². The maximum Gasteiger partial charge on any atom is 0.270 e. The van der Waals surface area contributed by atoms with Crippen LogP contribution in [0.3, 0.4) is 0 Å². The van der Waals surface area contributed by atoms with Gasteiger partial charge < -0.3 is 4.90 Å². The summed E-state index contributed by atoms with van der Waals surface area (Å²) in [7, 11) is 0. The standard InChI is InChI=1S/C15H13ClN2O3S/c16-12-9-10(18(20)21)5-6-11(12)15(19)17-7-1-3-13(17)14-4-2-8-22-14/h2,4-6,8-9,13H,1,3,7H2/t13-/m0/s1. The van der Waals surface area contributed by atoms with E-state index in [2.05, 4.69) is 0 Å². The first-order valence-corrected chi connectivity index (χ1v) is 8.12. The molecule has 5 nitrogen and oxygen atoms in total. The van der Waals surface area contributed by atoms with Gasteiger partial charge in [0.15, 0.2) is 0 Å². The Morgan fingerprint density at radius 3 is 2.86 bits per heavy atom. The molecule has 2 heterocycles. The van der Waals surface area contributed by atoms with Crippen LogP contribution in [0.5, 0.6) is 0 Å². The highest BCUT2D eigenvalue weighted by atomic mass is 35.5. The highest BCUT2D eigenvalue weighted by molar-refractivity contribution is 7.10. The minimum atomic E-state index is -0.523. The van der Waals surface area contributed by atoms with Gasteiger partial charge in [-0.25, -0.2) is 0 Å². The van der Waals surface area contributed by atoms with Crippen LogP contribution >= 0.6 is 22.9 Å². The summed E-state index contributed by atoms with van der Waals surface area (Å²) in [6.45, 7) is 0.675. The highest BCUT2D eigenvalue weighted by Gasteiger charge is 2.32. The number of carbonyl (C=O) groups is 1. The summed E-state index contributed by atoms with van der Waals surface area (Å²) in [6, 6.07) is 8.05. The Labute approximate surface area is 136 Å². The fraction of sp³-hybridized carbons (Fsp3) is 0.267. The number of halogens is 1. The molecule has 0 spiro atoms. The molecule has 0 N–H and O–H groups in total. The third-order valence-corrected chi connectivity index (χ3v) is 5.07. The van der Waals surface area contributed by atoms with E-state index in [0.29, 0.717) is 12.1 Å². The molecule has 3 rings (SSSR count). The maximum atomic E-state index is 12.7. The molecular weight excluding hydrogens is 324 g/mol. The van der Waals surface area contributed by atoms with Crippen LogP contribution in [0.2, 0.25) is 5.02 Å². The van der Waals surface area contributed by atoms with Gasteiger partial charge in [-0.15, -0.1) is 11.3 Å². The minimum absolute atomic E-state index is 0.0683. The Bertz CT molecular complexity index is 718. The fourth-order valence-corrected chi connectivity index (χ4v) is 3.86. The molecule has 1 saturated heterocycles. The molecular formula is C15H13ClN2O3S. The van der Waals surface area contributed by atoms with E-state index in [1.807, 2.05) is 17.5 Å². The van der Waals surface area contributed by atoms with Crippen molar-refractivity contribution in [3.8, 4) is 0 Å². The van der Waals surface area contributed by atoms with Gasteiger partial charge in [0.1, 0.15) is 0 Å². The zero-order chi connectivity index (χ0) is 15.7. The number of amides is 1. The van der Waals surface area contributed by atoms with Gasteiger partial charge in [-0.2, -0.15) is 0 Å². The van der Waals surface area contributed by atoms with E-state index < -0.39 is 4.92 Å². The quantitative estimate of drug-likeness (QED) is 0.620. The summed E-state index contributed by atoms with van der Waals surface area (Å²) >= 11 is 7.70. The predicted molar refractivity (Wildman–Crippen MR) is 85.4 cm³/mol. The SMILES string of the molecule is O=C(c1ccc([N+](=O)[O-])cc1Cl)N1CCC[C@H]1c1cccs1. The lowest BCUT2D eigenvalue weighted by Crippen LogP contribution is -2.30. The van der Waals surface area contributed by atoms with Crippen LogP contribution in [0.25, 0.3) is 0 Å². The van der Waals surface area contributed by atoms with E-state index in [4.69, 9.17) is 11.6 Å². The molecule has 7 heteroatoms. The normalized spacial score (nSPS) is 17.7. The molecule has 0 unspecified atom stereocenters. The number of benzene rings is 1. The van der Waals surface area contributed by atoms with Crippen molar-refractivity contribution in [2.75, 3.05) is 6.54 Å². The van der Waals surface area contributed by atoms with Gasteiger partial charge in [-0.05, 0) is 30.4 Å². The molecule has 22 heavy (non-hydrogen) atoms. The van der Waals surface area contributed by atoms with E-state index >= 15 is 0 Å². The average molecular weight is 337 g/mol. The number of nitro benzene ring substituents is 1. The first-order chi connectivity index (χ1) is 10.6. The van der Waals surface area contributed by atoms with Crippen molar-refractivity contribution in [3.63, 3.8) is 0 Å². The number of thiophene rings is 1. The number of nitro groups is 1. The van der Waals surface area contributed by atoms with Crippen molar-refractivity contribution in [3.05, 3.63) is 61.3 Å². The van der Waals surface area contributed by atoms with Crippen LogP contribution in [0.15, 0.2) is 35.7 Å². The third-order valence-electron chi connectivity index (χ3n) is 3.78. The van der Waals surface area contributed by atoms with E-state index in [0.717, 1.165) is 17.7 Å². The number of non-ortho nitro benzene ring substituents is 1. The Morgan fingerprint density at radius 2 is 2.23 bits per heavy atom. The van der Waals surface area contributed by atoms with E-state index in [-0.39, 0.29) is 22.7 Å². The molecule has 1 atom stereocenters. The zero-order valence-corrected chi connectivity index (χ0v) is 13.1. The summed E-state index contributed by atoms with van der Waals surface area (Å²) in [5.74, 6) is -0.171. The van der Waals surface area contributed by atoms with Crippen LogP contribution in [0.4, 0.5) is 5.69 Å². The van der Waals surface area contributed by atoms with Crippen LogP contribution in [-0.4, -0.2) is 22.3 Å². The van der Waals surface area contributed by atoms with Crippen molar-refractivity contribution in [1.29, 1.82) is 0 Å². The number of hydrogen-bond acceptors (Lipinski definition) is 4. The second-order valence-corrected chi connectivity index (χ2v) is 6.48. The molecule has 1 fully saturated rings. The molecule has 1 aliphatic heterocycles. The molecule has 0 radical (unpaired) electrons. The second-order valence-electron chi connectivity index (χ2n) is 5.09. The fourth-order valence-electron chi connectivity index (χ4n) is 2.73. The maximum absolute atomic E-state index is 12.7. The summed E-state index contributed by atoms with van der Waals surface area (Å²) in [6.07, 6.45) is 1.87. The van der Waals surface area contributed by atoms with Crippen molar-refractivity contribution < 1.29 is 9.72 Å². The van der Waals surface area contributed by atoms with Gasteiger partial charge in [0.05, 0.1) is 21.6 Å². The van der Waals surface area contributed by atoms with E-state index in [9.17, 15) is 14.9 Å².